The van der Waals surface area contributed by atoms with Crippen molar-refractivity contribution in [2.24, 2.45) is 0 Å². The summed E-state index contributed by atoms with van der Waals surface area (Å²) in [5.74, 6) is -1.56. The molecule has 108 valence electrons. The molecule has 1 unspecified atom stereocenters. The van der Waals surface area contributed by atoms with Crippen LogP contribution in [0.4, 0.5) is 4.79 Å². The second-order valence-electron chi connectivity index (χ2n) is 3.74. The number of imide groups is 1. The molecule has 2 N–H and O–H groups in total. The van der Waals surface area contributed by atoms with Gasteiger partial charge >= 0.3 is 12.0 Å². The van der Waals surface area contributed by atoms with Crippen molar-refractivity contribution in [3.63, 3.8) is 0 Å². The van der Waals surface area contributed by atoms with Crippen LogP contribution in [0.2, 0.25) is 10.0 Å². The molecule has 0 saturated carbocycles. The van der Waals surface area contributed by atoms with E-state index in [-0.39, 0.29) is 10.6 Å². The highest BCUT2D eigenvalue weighted by Crippen LogP contribution is 2.21. The van der Waals surface area contributed by atoms with Crippen LogP contribution < -0.4 is 10.6 Å². The maximum Gasteiger partial charge on any atom is 0.340 e. The van der Waals surface area contributed by atoms with E-state index in [1.165, 1.54) is 32.2 Å². The first-order valence-electron chi connectivity index (χ1n) is 5.53. The summed E-state index contributed by atoms with van der Waals surface area (Å²) in [6.45, 7) is 1.33. The molecule has 1 aromatic rings. The van der Waals surface area contributed by atoms with Crippen molar-refractivity contribution in [3.05, 3.63) is 33.8 Å². The zero-order chi connectivity index (χ0) is 15.3. The molecule has 1 aromatic carbocycles. The van der Waals surface area contributed by atoms with Gasteiger partial charge < -0.3 is 10.1 Å². The number of nitrogens with one attached hydrogen (secondary N) is 2. The first kappa shape index (κ1) is 16.3. The fourth-order valence-corrected chi connectivity index (χ4v) is 1.57. The van der Waals surface area contributed by atoms with Gasteiger partial charge in [-0.25, -0.2) is 9.59 Å². The molecule has 1 rings (SSSR count). The average Bonchev–Trinajstić information content (AvgIpc) is 2.40. The third kappa shape index (κ3) is 4.40. The molecule has 1 atom stereocenters. The van der Waals surface area contributed by atoms with E-state index in [0.29, 0.717) is 5.02 Å². The van der Waals surface area contributed by atoms with Gasteiger partial charge in [-0.2, -0.15) is 0 Å². The van der Waals surface area contributed by atoms with Crippen molar-refractivity contribution in [2.45, 2.75) is 13.0 Å². The standard InChI is InChI=1S/C12H12Cl2N2O4/c1-6(10(17)16-12(19)15-2)20-11(18)8-5-7(13)3-4-9(8)14/h3-6H,1-2H3,(H2,15,16,17,19). The molecule has 0 heterocycles. The van der Waals surface area contributed by atoms with E-state index in [2.05, 4.69) is 5.32 Å². The number of hydrogen-bond donors (Lipinski definition) is 2. The van der Waals surface area contributed by atoms with Gasteiger partial charge in [0.15, 0.2) is 6.10 Å². The predicted molar refractivity (Wildman–Crippen MR) is 73.9 cm³/mol. The summed E-state index contributed by atoms with van der Waals surface area (Å²) < 4.78 is 4.91. The third-order valence-electron chi connectivity index (χ3n) is 2.27. The predicted octanol–water partition coefficient (Wildman–Crippen LogP) is 1.99. The average molecular weight is 319 g/mol. The van der Waals surface area contributed by atoms with E-state index in [0.717, 1.165) is 0 Å². The maximum absolute atomic E-state index is 11.8. The molecular formula is C12H12Cl2N2O4. The van der Waals surface area contributed by atoms with Crippen molar-refractivity contribution < 1.29 is 19.1 Å². The summed E-state index contributed by atoms with van der Waals surface area (Å²) in [4.78, 5) is 34.3. The van der Waals surface area contributed by atoms with Crippen LogP contribution in [0.1, 0.15) is 17.3 Å². The van der Waals surface area contributed by atoms with E-state index in [1.807, 2.05) is 5.32 Å². The van der Waals surface area contributed by atoms with E-state index < -0.39 is 24.0 Å². The first-order chi connectivity index (χ1) is 9.35. The Kier molecular flexibility index (Phi) is 5.79. The molecule has 0 aliphatic heterocycles. The number of esters is 1. The number of carbonyl (C=O) groups is 3. The van der Waals surface area contributed by atoms with E-state index in [9.17, 15) is 14.4 Å². The summed E-state index contributed by atoms with van der Waals surface area (Å²) in [5.41, 5.74) is 0.0405. The van der Waals surface area contributed by atoms with Crippen molar-refractivity contribution in [2.75, 3.05) is 7.05 Å². The molecule has 0 aliphatic rings. The van der Waals surface area contributed by atoms with Gasteiger partial charge in [0.25, 0.3) is 5.91 Å². The van der Waals surface area contributed by atoms with Crippen LogP contribution in [0, 0.1) is 0 Å². The minimum Gasteiger partial charge on any atom is -0.449 e. The van der Waals surface area contributed by atoms with Gasteiger partial charge in [-0.1, -0.05) is 23.2 Å². The van der Waals surface area contributed by atoms with Crippen LogP contribution in [-0.2, 0) is 9.53 Å². The number of amides is 3. The zero-order valence-corrected chi connectivity index (χ0v) is 12.2. The number of ether oxygens (including phenoxy) is 1. The molecule has 8 heteroatoms. The maximum atomic E-state index is 11.8. The van der Waals surface area contributed by atoms with Crippen molar-refractivity contribution in [3.8, 4) is 0 Å². The van der Waals surface area contributed by atoms with Crippen LogP contribution in [-0.4, -0.2) is 31.1 Å². The molecule has 0 bridgehead atoms. The van der Waals surface area contributed by atoms with E-state index >= 15 is 0 Å². The van der Waals surface area contributed by atoms with Crippen LogP contribution >= 0.6 is 23.2 Å². The monoisotopic (exact) mass is 318 g/mol. The molecule has 3 amide bonds. The van der Waals surface area contributed by atoms with Crippen LogP contribution in [0.3, 0.4) is 0 Å². The van der Waals surface area contributed by atoms with E-state index in [1.54, 1.807) is 0 Å². The first-order valence-corrected chi connectivity index (χ1v) is 6.29. The fraction of sp³-hybridized carbons (Fsp3) is 0.250. The van der Waals surface area contributed by atoms with Gasteiger partial charge in [-0.05, 0) is 25.1 Å². The molecule has 0 aliphatic carbocycles. The lowest BCUT2D eigenvalue weighted by molar-refractivity contribution is -0.127. The number of carbonyl (C=O) groups excluding carboxylic acids is 3. The Balaban J connectivity index is 2.72. The van der Waals surface area contributed by atoms with Gasteiger partial charge in [-0.15, -0.1) is 0 Å². The lowest BCUT2D eigenvalue weighted by atomic mass is 10.2. The highest BCUT2D eigenvalue weighted by atomic mass is 35.5. The number of rotatable bonds is 3. The van der Waals surface area contributed by atoms with Gasteiger partial charge in [0, 0.05) is 12.1 Å². The Morgan fingerprint density at radius 2 is 1.90 bits per heavy atom. The molecule has 6 nitrogen and oxygen atoms in total. The summed E-state index contributed by atoms with van der Waals surface area (Å²) in [6.07, 6.45) is -1.16. The smallest absolute Gasteiger partial charge is 0.340 e. The molecule has 0 saturated heterocycles. The van der Waals surface area contributed by atoms with Gasteiger partial charge in [0.05, 0.1) is 10.6 Å². The second kappa shape index (κ2) is 7.12. The highest BCUT2D eigenvalue weighted by Gasteiger charge is 2.21. The summed E-state index contributed by atoms with van der Waals surface area (Å²) >= 11 is 11.6. The van der Waals surface area contributed by atoms with Crippen LogP contribution in [0.25, 0.3) is 0 Å². The molecule has 0 radical (unpaired) electrons. The lowest BCUT2D eigenvalue weighted by Gasteiger charge is -2.13. The lowest BCUT2D eigenvalue weighted by Crippen LogP contribution is -2.43. The normalized spacial score (nSPS) is 11.4. The second-order valence-corrected chi connectivity index (χ2v) is 4.58. The zero-order valence-electron chi connectivity index (χ0n) is 10.7. The summed E-state index contributed by atoms with van der Waals surface area (Å²) in [5, 5.41) is 4.65. The Hall–Kier alpha value is -1.79. The van der Waals surface area contributed by atoms with Crippen molar-refractivity contribution in [1.82, 2.24) is 10.6 Å². The van der Waals surface area contributed by atoms with E-state index in [4.69, 9.17) is 27.9 Å². The fourth-order valence-electron chi connectivity index (χ4n) is 1.21. The molecule has 20 heavy (non-hydrogen) atoms. The highest BCUT2D eigenvalue weighted by molar-refractivity contribution is 6.35. The largest absolute Gasteiger partial charge is 0.449 e. The van der Waals surface area contributed by atoms with Gasteiger partial charge in [0.1, 0.15) is 0 Å². The van der Waals surface area contributed by atoms with Crippen molar-refractivity contribution in [1.29, 1.82) is 0 Å². The topological polar surface area (TPSA) is 84.5 Å². The van der Waals surface area contributed by atoms with Gasteiger partial charge in [-0.3, -0.25) is 10.1 Å². The Bertz CT molecular complexity index is 548. The quantitative estimate of drug-likeness (QED) is 0.835. The van der Waals surface area contributed by atoms with Crippen LogP contribution in [0.5, 0.6) is 0 Å². The number of urea groups is 1. The van der Waals surface area contributed by atoms with Crippen LogP contribution in [0.15, 0.2) is 18.2 Å². The molecule has 0 fully saturated rings. The van der Waals surface area contributed by atoms with Gasteiger partial charge in [0.2, 0.25) is 0 Å². The van der Waals surface area contributed by atoms with Crippen molar-refractivity contribution >= 4 is 41.1 Å². The summed E-state index contributed by atoms with van der Waals surface area (Å²) in [6, 6.07) is 3.59. The number of hydrogen-bond acceptors (Lipinski definition) is 4. The number of halogens is 2. The Morgan fingerprint density at radius 3 is 2.50 bits per heavy atom. The minimum absolute atomic E-state index is 0.0405. The third-order valence-corrected chi connectivity index (χ3v) is 2.83. The SMILES string of the molecule is CNC(=O)NC(=O)C(C)OC(=O)c1cc(Cl)ccc1Cl. The summed E-state index contributed by atoms with van der Waals surface area (Å²) in [7, 11) is 1.35. The molecular weight excluding hydrogens is 307 g/mol. The molecule has 0 spiro atoms. The Morgan fingerprint density at radius 1 is 1.25 bits per heavy atom. The minimum atomic E-state index is -1.16. The Labute approximate surface area is 125 Å². The number of benzene rings is 1. The molecule has 0 aromatic heterocycles.